The van der Waals surface area contributed by atoms with E-state index in [-0.39, 0.29) is 18.5 Å². The van der Waals surface area contributed by atoms with Crippen LogP contribution in [0.25, 0.3) is 0 Å². The van der Waals surface area contributed by atoms with Crippen molar-refractivity contribution in [3.05, 3.63) is 36.5 Å². The molecule has 0 saturated carbocycles. The van der Waals surface area contributed by atoms with Gasteiger partial charge in [0.25, 0.3) is 0 Å². The Bertz CT molecular complexity index is 1210. The Kier molecular flexibility index (Phi) is 63.0. The molecule has 0 bridgehead atoms. The van der Waals surface area contributed by atoms with Gasteiger partial charge in [-0.15, -0.1) is 0 Å². The first-order chi connectivity index (χ1) is 37.0. The zero-order chi connectivity index (χ0) is 54.3. The molecule has 0 aromatic heterocycles. The van der Waals surface area contributed by atoms with Crippen LogP contribution in [0.5, 0.6) is 0 Å². The number of rotatable bonds is 63. The van der Waals surface area contributed by atoms with Crippen molar-refractivity contribution in [2.24, 2.45) is 0 Å². The minimum Gasteiger partial charge on any atom is -0.466 e. The largest absolute Gasteiger partial charge is 0.466 e. The van der Waals surface area contributed by atoms with Gasteiger partial charge in [0, 0.05) is 12.8 Å². The molecule has 6 heteroatoms. The van der Waals surface area contributed by atoms with Crippen molar-refractivity contribution in [3.63, 3.8) is 0 Å². The zero-order valence-corrected chi connectivity index (χ0v) is 50.5. The molecule has 442 valence electrons. The second-order valence-electron chi connectivity index (χ2n) is 23.2. The number of amides is 1. The van der Waals surface area contributed by atoms with Gasteiger partial charge in [0.15, 0.2) is 0 Å². The zero-order valence-electron chi connectivity index (χ0n) is 50.5. The number of ether oxygens (including phenoxy) is 1. The fraction of sp³-hybridized carbons (Fsp3) is 0.884. The molecule has 3 N–H and O–H groups in total. The van der Waals surface area contributed by atoms with Crippen LogP contribution < -0.4 is 5.32 Å². The summed E-state index contributed by atoms with van der Waals surface area (Å²) in [5.41, 5.74) is 0. The van der Waals surface area contributed by atoms with Crippen LogP contribution in [0.4, 0.5) is 0 Å². The first-order valence-electron chi connectivity index (χ1n) is 33.8. The normalized spacial score (nSPS) is 12.7. The number of esters is 1. The summed E-state index contributed by atoms with van der Waals surface area (Å²) in [6.45, 7) is 4.94. The lowest BCUT2D eigenvalue weighted by Gasteiger charge is -2.22. The molecule has 0 rings (SSSR count). The molecule has 2 atom stereocenters. The maximum Gasteiger partial charge on any atom is 0.305 e. The Morgan fingerprint density at radius 3 is 1.03 bits per heavy atom. The van der Waals surface area contributed by atoms with Crippen LogP contribution in [0.15, 0.2) is 36.5 Å². The number of aliphatic hydroxyl groups excluding tert-OH is 2. The van der Waals surface area contributed by atoms with Crippen LogP contribution in [-0.4, -0.2) is 47.4 Å². The molecule has 0 aromatic rings. The highest BCUT2D eigenvalue weighted by atomic mass is 16.5. The first-order valence-corrected chi connectivity index (χ1v) is 33.8. The van der Waals surface area contributed by atoms with E-state index in [0.29, 0.717) is 25.9 Å². The summed E-state index contributed by atoms with van der Waals surface area (Å²) in [5.74, 6) is -0.0549. The Morgan fingerprint density at radius 2 is 0.667 bits per heavy atom. The smallest absolute Gasteiger partial charge is 0.305 e. The lowest BCUT2D eigenvalue weighted by atomic mass is 10.0. The monoisotopic (exact) mass is 1050 g/mol. The van der Waals surface area contributed by atoms with E-state index >= 15 is 0 Å². The van der Waals surface area contributed by atoms with Crippen LogP contribution in [0.1, 0.15) is 367 Å². The molecule has 0 spiro atoms. The lowest BCUT2D eigenvalue weighted by Crippen LogP contribution is -2.45. The van der Waals surface area contributed by atoms with E-state index in [0.717, 1.165) is 70.6 Å². The first kappa shape index (κ1) is 73.1. The van der Waals surface area contributed by atoms with Crippen LogP contribution in [0, 0.1) is 0 Å². The van der Waals surface area contributed by atoms with E-state index in [4.69, 9.17) is 4.74 Å². The number of hydrogen-bond donors (Lipinski definition) is 3. The minimum absolute atomic E-state index is 0.0131. The summed E-state index contributed by atoms with van der Waals surface area (Å²) in [5, 5.41) is 23.4. The van der Waals surface area contributed by atoms with Crippen molar-refractivity contribution >= 4 is 11.9 Å². The van der Waals surface area contributed by atoms with Gasteiger partial charge in [0.1, 0.15) is 0 Å². The summed E-state index contributed by atoms with van der Waals surface area (Å²) in [6.07, 6.45) is 81.7. The maximum atomic E-state index is 12.5. The molecule has 0 aromatic carbocycles. The summed E-state index contributed by atoms with van der Waals surface area (Å²) < 4.78 is 5.48. The molecular formula is C69H131NO5. The Balaban J connectivity index is 3.46. The summed E-state index contributed by atoms with van der Waals surface area (Å²) in [7, 11) is 0. The van der Waals surface area contributed by atoms with Gasteiger partial charge in [0.05, 0.1) is 25.4 Å². The number of aliphatic hydroxyl groups is 2. The van der Waals surface area contributed by atoms with Gasteiger partial charge in [-0.05, 0) is 83.5 Å². The average molecular weight is 1050 g/mol. The van der Waals surface area contributed by atoms with Gasteiger partial charge in [-0.2, -0.15) is 0 Å². The van der Waals surface area contributed by atoms with E-state index < -0.39 is 12.1 Å². The van der Waals surface area contributed by atoms with Crippen molar-refractivity contribution < 1.29 is 24.5 Å². The second kappa shape index (κ2) is 64.6. The van der Waals surface area contributed by atoms with Gasteiger partial charge >= 0.3 is 5.97 Å². The summed E-state index contributed by atoms with van der Waals surface area (Å²) in [6, 6.07) is -0.551. The Morgan fingerprint density at radius 1 is 0.373 bits per heavy atom. The fourth-order valence-corrected chi connectivity index (χ4v) is 10.5. The molecule has 0 aliphatic heterocycles. The third-order valence-electron chi connectivity index (χ3n) is 15.7. The predicted octanol–water partition coefficient (Wildman–Crippen LogP) is 21.5. The maximum absolute atomic E-state index is 12.5. The number of carbonyl (C=O) groups is 2. The number of allylic oxidation sites excluding steroid dienone is 6. The van der Waals surface area contributed by atoms with Crippen molar-refractivity contribution in [2.75, 3.05) is 13.2 Å². The molecule has 0 aliphatic carbocycles. The Hall–Kier alpha value is -1.92. The van der Waals surface area contributed by atoms with Crippen LogP contribution >= 0.6 is 0 Å². The third kappa shape index (κ3) is 61.2. The average Bonchev–Trinajstić information content (AvgIpc) is 3.41. The highest BCUT2D eigenvalue weighted by molar-refractivity contribution is 5.76. The molecule has 0 radical (unpaired) electrons. The molecule has 1 amide bonds. The van der Waals surface area contributed by atoms with Crippen molar-refractivity contribution in [1.29, 1.82) is 0 Å². The number of nitrogens with one attached hydrogen (secondary N) is 1. The molecule has 0 heterocycles. The molecular weight excluding hydrogens is 923 g/mol. The highest BCUT2D eigenvalue weighted by Crippen LogP contribution is 2.18. The van der Waals surface area contributed by atoms with Gasteiger partial charge < -0.3 is 20.3 Å². The molecule has 6 nitrogen and oxygen atoms in total. The molecule has 2 unspecified atom stereocenters. The van der Waals surface area contributed by atoms with E-state index in [1.54, 1.807) is 0 Å². The predicted molar refractivity (Wildman–Crippen MR) is 329 cm³/mol. The quantitative estimate of drug-likeness (QED) is 0.0244. The molecule has 0 aliphatic rings. The minimum atomic E-state index is -0.673. The number of carbonyl (C=O) groups excluding carboxylic acids is 2. The fourth-order valence-electron chi connectivity index (χ4n) is 10.5. The standard InChI is InChI=1S/C69H131NO5/c1-3-5-7-9-11-13-15-17-19-21-23-26-29-33-37-41-45-49-53-57-61-67(72)66(65-71)70-68(73)62-58-54-50-46-42-38-34-30-27-24-28-32-36-40-44-48-52-56-60-64-75-69(74)63-59-55-51-47-43-39-35-31-25-22-20-18-16-14-12-10-8-6-4-2/h18,20,32,36,40,44,66-67,71-72H,3-17,19,21-31,33-35,37-39,41-43,45-65H2,1-2H3,(H,70,73)/b20-18-,36-32-,44-40-. The number of unbranched alkanes of at least 4 members (excludes halogenated alkanes) is 47. The highest BCUT2D eigenvalue weighted by Gasteiger charge is 2.20. The Labute approximate surface area is 468 Å². The molecule has 0 saturated heterocycles. The van der Waals surface area contributed by atoms with Crippen molar-refractivity contribution in [1.82, 2.24) is 5.32 Å². The van der Waals surface area contributed by atoms with Gasteiger partial charge in [-0.3, -0.25) is 9.59 Å². The van der Waals surface area contributed by atoms with E-state index in [9.17, 15) is 19.8 Å². The van der Waals surface area contributed by atoms with Gasteiger partial charge in [-0.25, -0.2) is 0 Å². The van der Waals surface area contributed by atoms with Crippen LogP contribution in [-0.2, 0) is 14.3 Å². The summed E-state index contributed by atoms with van der Waals surface area (Å²) >= 11 is 0. The van der Waals surface area contributed by atoms with E-state index in [1.165, 1.54) is 263 Å². The van der Waals surface area contributed by atoms with Crippen molar-refractivity contribution in [3.8, 4) is 0 Å². The third-order valence-corrected chi connectivity index (χ3v) is 15.7. The molecule has 75 heavy (non-hydrogen) atoms. The second-order valence-corrected chi connectivity index (χ2v) is 23.2. The van der Waals surface area contributed by atoms with E-state index in [2.05, 4.69) is 55.6 Å². The molecule has 0 fully saturated rings. The van der Waals surface area contributed by atoms with Gasteiger partial charge in [-0.1, -0.05) is 307 Å². The van der Waals surface area contributed by atoms with Crippen molar-refractivity contribution in [2.45, 2.75) is 379 Å². The lowest BCUT2D eigenvalue weighted by molar-refractivity contribution is -0.143. The van der Waals surface area contributed by atoms with Crippen LogP contribution in [0.3, 0.4) is 0 Å². The van der Waals surface area contributed by atoms with Gasteiger partial charge in [0.2, 0.25) is 5.91 Å². The SMILES string of the molecule is CCCCCCCC/C=C\CCCCCCCCCCCC(=O)OCCCCC/C=C\C=C/CCCCCCCCCCCCC(=O)NC(CO)C(O)CCCCCCCCCCCCCCCCCCCCCC. The number of hydrogen-bond acceptors (Lipinski definition) is 5. The topological polar surface area (TPSA) is 95.9 Å². The van der Waals surface area contributed by atoms with Crippen LogP contribution in [0.2, 0.25) is 0 Å². The van der Waals surface area contributed by atoms with E-state index in [1.807, 2.05) is 0 Å². The summed E-state index contributed by atoms with van der Waals surface area (Å²) in [4.78, 5) is 24.6.